The Morgan fingerprint density at radius 1 is 1.38 bits per heavy atom. The number of benzene rings is 1. The minimum absolute atomic E-state index is 0.121. The van der Waals surface area contributed by atoms with E-state index in [9.17, 15) is 0 Å². The minimum atomic E-state index is -3.19. The molecule has 0 aliphatic rings. The van der Waals surface area contributed by atoms with E-state index < -0.39 is 26.9 Å². The van der Waals surface area contributed by atoms with Gasteiger partial charge < -0.3 is 14.8 Å². The van der Waals surface area contributed by atoms with Crippen molar-refractivity contribution in [3.05, 3.63) is 24.3 Å². The fourth-order valence-corrected chi connectivity index (χ4v) is 0.826. The van der Waals surface area contributed by atoms with Crippen LogP contribution in [0.25, 0.3) is 0 Å². The second-order valence-corrected chi connectivity index (χ2v) is 2.37. The first-order valence-electron chi connectivity index (χ1n) is 7.03. The molecule has 0 aliphatic heterocycles. The van der Waals surface area contributed by atoms with Gasteiger partial charge in [-0.1, -0.05) is 12.1 Å². The van der Waals surface area contributed by atoms with Gasteiger partial charge in [0.05, 0.1) is 7.45 Å². The van der Waals surface area contributed by atoms with Crippen LogP contribution >= 0.6 is 0 Å². The second kappa shape index (κ2) is 4.30. The Labute approximate surface area is 88.0 Å². The highest BCUT2D eigenvalue weighted by molar-refractivity contribution is 6.58. The molecule has 4 heteroatoms. The highest BCUT2D eigenvalue weighted by Gasteiger charge is 2.09. The molecule has 70 valence electrons. The van der Waals surface area contributed by atoms with E-state index in [0.29, 0.717) is 0 Å². The van der Waals surface area contributed by atoms with Crippen LogP contribution in [0, 0.1) is 0 Å². The fraction of sp³-hybridized carbons (Fsp3) is 0.333. The number of hydrogen-bond donors (Lipinski definition) is 2. The lowest BCUT2D eigenvalue weighted by molar-refractivity contribution is 0.242. The number of rotatable bonds is 3. The van der Waals surface area contributed by atoms with Gasteiger partial charge in [0, 0.05) is 8.22 Å². The topological polar surface area (TPSA) is 49.7 Å². The third kappa shape index (κ3) is 3.09. The van der Waals surface area contributed by atoms with Crippen molar-refractivity contribution < 1.29 is 24.4 Å². The van der Waals surface area contributed by atoms with Crippen LogP contribution in [0.15, 0.2) is 24.3 Å². The molecule has 0 atom stereocenters. The first kappa shape index (κ1) is 4.03. The molecule has 0 spiro atoms. The lowest BCUT2D eigenvalue weighted by Gasteiger charge is -2.09. The molecule has 0 saturated heterocycles. The average molecular weight is 187 g/mol. The molecular weight excluding hydrogens is 167 g/mol. The van der Waals surface area contributed by atoms with Gasteiger partial charge in [0.2, 0.25) is 0 Å². The van der Waals surface area contributed by atoms with Crippen LogP contribution in [0.5, 0.6) is 5.75 Å². The predicted molar refractivity (Wildman–Crippen MR) is 52.0 cm³/mol. The van der Waals surface area contributed by atoms with E-state index >= 15 is 0 Å². The molecule has 1 rings (SSSR count). The van der Waals surface area contributed by atoms with E-state index in [2.05, 4.69) is 0 Å². The largest absolute Gasteiger partial charge is 0.491 e. The Bertz CT molecular complexity index is 440. The second-order valence-electron chi connectivity index (χ2n) is 2.37. The van der Waals surface area contributed by atoms with Gasteiger partial charge in [0.15, 0.2) is 0 Å². The lowest BCUT2D eigenvalue weighted by atomic mass is 9.80. The van der Waals surface area contributed by atoms with Crippen molar-refractivity contribution in [2.45, 2.75) is 19.8 Å². The summed E-state index contributed by atoms with van der Waals surface area (Å²) in [4.78, 5) is 0. The zero-order valence-electron chi connectivity index (χ0n) is 13.7. The zero-order chi connectivity index (χ0) is 15.8. The van der Waals surface area contributed by atoms with Crippen molar-refractivity contribution in [1.82, 2.24) is 0 Å². The van der Waals surface area contributed by atoms with E-state index in [0.717, 1.165) is 12.1 Å². The molecule has 0 radical (unpaired) electrons. The smallest absolute Gasteiger partial charge is 0.488 e. The molecule has 0 amide bonds. The van der Waals surface area contributed by atoms with Crippen LogP contribution < -0.4 is 10.2 Å². The van der Waals surface area contributed by atoms with Crippen molar-refractivity contribution >= 4 is 12.6 Å². The quantitative estimate of drug-likeness (QED) is 0.662. The molecule has 0 unspecified atom stereocenters. The van der Waals surface area contributed by atoms with Crippen LogP contribution in [-0.4, -0.2) is 23.2 Å². The normalized spacial score (nSPS) is 20.9. The molecule has 3 nitrogen and oxygen atoms in total. The summed E-state index contributed by atoms with van der Waals surface area (Å²) in [6, 6.07) is 4.77. The maximum atomic E-state index is 8.90. The van der Waals surface area contributed by atoms with Gasteiger partial charge in [-0.15, -0.1) is 0 Å². The summed E-state index contributed by atoms with van der Waals surface area (Å²) in [6.45, 7) is -6.37. The summed E-state index contributed by atoms with van der Waals surface area (Å²) in [6.07, 6.45) is -3.11. The van der Waals surface area contributed by atoms with E-state index in [1.807, 2.05) is 0 Å². The van der Waals surface area contributed by atoms with Gasteiger partial charge in [-0.2, -0.15) is 0 Å². The van der Waals surface area contributed by atoms with Gasteiger partial charge in [0.25, 0.3) is 0 Å². The van der Waals surface area contributed by atoms with Crippen molar-refractivity contribution in [1.29, 1.82) is 0 Å². The molecule has 0 saturated carbocycles. The SMILES string of the molecule is [2H]C([2H])([2H])C([2H])(Oc1ccc(B(O)O)cc1)C([2H])([2H])[2H]. The summed E-state index contributed by atoms with van der Waals surface area (Å²) in [5, 5.41) is 17.8. The molecule has 1 aromatic rings. The van der Waals surface area contributed by atoms with Gasteiger partial charge in [-0.05, 0) is 31.3 Å². The van der Waals surface area contributed by atoms with Crippen molar-refractivity contribution in [3.63, 3.8) is 0 Å². The third-order valence-electron chi connectivity index (χ3n) is 1.40. The van der Waals surface area contributed by atoms with Crippen LogP contribution in [0.1, 0.15) is 23.3 Å². The van der Waals surface area contributed by atoms with Gasteiger partial charge in [0.1, 0.15) is 5.75 Å². The van der Waals surface area contributed by atoms with E-state index in [4.69, 9.17) is 24.4 Å². The summed E-state index contributed by atoms with van der Waals surface area (Å²) in [5.41, 5.74) is 0.121. The Kier molecular flexibility index (Phi) is 1.33. The van der Waals surface area contributed by atoms with Crippen molar-refractivity contribution in [3.8, 4) is 5.75 Å². The van der Waals surface area contributed by atoms with Crippen LogP contribution in [-0.2, 0) is 0 Å². The van der Waals surface area contributed by atoms with E-state index in [1.54, 1.807) is 0 Å². The maximum Gasteiger partial charge on any atom is 0.488 e. The van der Waals surface area contributed by atoms with Gasteiger partial charge in [-0.25, -0.2) is 0 Å². The lowest BCUT2D eigenvalue weighted by Crippen LogP contribution is -2.29. The van der Waals surface area contributed by atoms with Crippen LogP contribution in [0.4, 0.5) is 0 Å². The monoisotopic (exact) mass is 187 g/mol. The summed E-state index contributed by atoms with van der Waals surface area (Å²) in [5.74, 6) is -0.170. The molecule has 13 heavy (non-hydrogen) atoms. The first-order valence-corrected chi connectivity index (χ1v) is 3.53. The van der Waals surface area contributed by atoms with Crippen molar-refractivity contribution in [2.75, 3.05) is 0 Å². The molecule has 1 aromatic carbocycles. The molecule has 0 fully saturated rings. The van der Waals surface area contributed by atoms with Gasteiger partial charge >= 0.3 is 7.12 Å². The minimum Gasteiger partial charge on any atom is -0.491 e. The predicted octanol–water partition coefficient (Wildman–Crippen LogP) is 0.154. The maximum absolute atomic E-state index is 8.90. The number of hydrogen-bond acceptors (Lipinski definition) is 3. The molecule has 0 heterocycles. The summed E-state index contributed by atoms with van der Waals surface area (Å²) >= 11 is 0. The standard InChI is InChI=1S/C9H13BO3/c1-7(2)13-9-5-3-8(4-6-9)10(11)12/h3-7,11-12H,1-2H3/i1D3,2D3,7D. The van der Waals surface area contributed by atoms with Crippen LogP contribution in [0.3, 0.4) is 0 Å². The molecule has 0 aliphatic carbocycles. The third-order valence-corrected chi connectivity index (χ3v) is 1.40. The van der Waals surface area contributed by atoms with E-state index in [-0.39, 0.29) is 11.2 Å². The molecule has 0 aromatic heterocycles. The molecule has 2 N–H and O–H groups in total. The fourth-order valence-electron chi connectivity index (χ4n) is 0.826. The molecule has 0 bridgehead atoms. The highest BCUT2D eigenvalue weighted by atomic mass is 16.5. The number of ether oxygens (including phenoxy) is 1. The Morgan fingerprint density at radius 2 is 2.00 bits per heavy atom. The zero-order valence-corrected chi connectivity index (χ0v) is 6.69. The Hall–Kier alpha value is -0.995. The summed E-state index contributed by atoms with van der Waals surface area (Å²) in [7, 11) is -1.71. The van der Waals surface area contributed by atoms with Crippen LogP contribution in [0.2, 0.25) is 0 Å². The average Bonchev–Trinajstić information content (AvgIpc) is 2.26. The summed E-state index contributed by atoms with van der Waals surface area (Å²) < 4.78 is 55.6. The molecular formula is C9H13BO3. The Balaban J connectivity index is 3.09. The first-order chi connectivity index (χ1) is 8.88. The van der Waals surface area contributed by atoms with E-state index in [1.165, 1.54) is 12.1 Å². The van der Waals surface area contributed by atoms with Crippen molar-refractivity contribution in [2.24, 2.45) is 0 Å². The van der Waals surface area contributed by atoms with Gasteiger partial charge in [-0.3, -0.25) is 0 Å². The Morgan fingerprint density at radius 3 is 2.46 bits per heavy atom. The highest BCUT2D eigenvalue weighted by Crippen LogP contribution is 2.09.